The Morgan fingerprint density at radius 1 is 1.03 bits per heavy atom. The number of carbonyl (C=O) groups is 3. The van der Waals surface area contributed by atoms with E-state index in [1.54, 1.807) is 0 Å². The number of alkyl carbamates (subject to hydrolysis) is 1. The van der Waals surface area contributed by atoms with Crippen LogP contribution < -0.4 is 10.6 Å². The van der Waals surface area contributed by atoms with Crippen LogP contribution in [0.15, 0.2) is 59.3 Å². The summed E-state index contributed by atoms with van der Waals surface area (Å²) >= 11 is 0. The van der Waals surface area contributed by atoms with Crippen molar-refractivity contribution >= 4 is 18.0 Å². The zero-order valence-corrected chi connectivity index (χ0v) is 18.1. The second-order valence-corrected chi connectivity index (χ2v) is 7.75. The fourth-order valence-electron chi connectivity index (χ4n) is 3.92. The zero-order valence-electron chi connectivity index (χ0n) is 18.1. The van der Waals surface area contributed by atoms with Crippen molar-refractivity contribution in [3.63, 3.8) is 0 Å². The van der Waals surface area contributed by atoms with Crippen molar-refractivity contribution in [2.75, 3.05) is 13.2 Å². The molecule has 10 heteroatoms. The summed E-state index contributed by atoms with van der Waals surface area (Å²) in [5.74, 6) is -2.01. The number of hydrogen-bond acceptors (Lipinski definition) is 7. The summed E-state index contributed by atoms with van der Waals surface area (Å²) in [6.45, 7) is -0.0116. The number of carboxylic acids is 1. The molecular formula is C24H23N3O7. The molecule has 0 radical (unpaired) electrons. The molecule has 0 spiro atoms. The summed E-state index contributed by atoms with van der Waals surface area (Å²) < 4.78 is 10.3. The molecule has 0 unspecified atom stereocenters. The highest BCUT2D eigenvalue weighted by molar-refractivity contribution is 5.95. The molecule has 1 aliphatic rings. The number of hydrogen-bond donors (Lipinski definition) is 4. The maximum absolute atomic E-state index is 12.3. The van der Waals surface area contributed by atoms with Crippen LogP contribution in [0.3, 0.4) is 0 Å². The fraction of sp³-hybridized carbons (Fsp3) is 0.250. The molecule has 0 saturated heterocycles. The topological polar surface area (TPSA) is 151 Å². The van der Waals surface area contributed by atoms with Crippen LogP contribution in [0.2, 0.25) is 0 Å². The number of benzene rings is 2. The summed E-state index contributed by atoms with van der Waals surface area (Å²) in [7, 11) is 0. The summed E-state index contributed by atoms with van der Waals surface area (Å²) in [5.41, 5.74) is 4.72. The van der Waals surface area contributed by atoms with Gasteiger partial charge in [0.05, 0.1) is 6.54 Å². The van der Waals surface area contributed by atoms with Gasteiger partial charge in [0.15, 0.2) is 6.10 Å². The van der Waals surface area contributed by atoms with E-state index in [1.807, 2.05) is 48.5 Å². The first-order valence-electron chi connectivity index (χ1n) is 10.7. The smallest absolute Gasteiger partial charge is 0.407 e. The maximum atomic E-state index is 12.3. The van der Waals surface area contributed by atoms with Gasteiger partial charge in [-0.05, 0) is 22.3 Å². The SMILES string of the molecule is O=C(NCc1nocc1C(=O)NCC[C@H](O)C(=O)O)OCC1c2ccccc2-c2ccccc21. The third-order valence-electron chi connectivity index (χ3n) is 5.62. The number of amides is 2. The number of aliphatic hydroxyl groups excluding tert-OH is 1. The van der Waals surface area contributed by atoms with Crippen LogP contribution in [0.4, 0.5) is 4.79 Å². The molecule has 2 amide bonds. The molecule has 1 aromatic heterocycles. The lowest BCUT2D eigenvalue weighted by Gasteiger charge is -2.14. The predicted molar refractivity (Wildman–Crippen MR) is 119 cm³/mol. The molecule has 0 bridgehead atoms. The van der Waals surface area contributed by atoms with Crippen LogP contribution in [0.1, 0.15) is 39.5 Å². The van der Waals surface area contributed by atoms with E-state index in [4.69, 9.17) is 14.4 Å². The molecule has 4 N–H and O–H groups in total. The number of carbonyl (C=O) groups excluding carboxylic acids is 2. The van der Waals surface area contributed by atoms with Crippen molar-refractivity contribution in [1.82, 2.24) is 15.8 Å². The molecule has 10 nitrogen and oxygen atoms in total. The lowest BCUT2D eigenvalue weighted by molar-refractivity contribution is -0.146. The van der Waals surface area contributed by atoms with Crippen molar-refractivity contribution in [3.05, 3.63) is 77.2 Å². The van der Waals surface area contributed by atoms with Crippen LogP contribution in [-0.2, 0) is 16.1 Å². The maximum Gasteiger partial charge on any atom is 0.407 e. The monoisotopic (exact) mass is 465 g/mol. The number of nitrogens with one attached hydrogen (secondary N) is 2. The van der Waals surface area contributed by atoms with Gasteiger partial charge >= 0.3 is 12.1 Å². The van der Waals surface area contributed by atoms with Crippen molar-refractivity contribution in [1.29, 1.82) is 0 Å². The quantitative estimate of drug-likeness (QED) is 0.376. The van der Waals surface area contributed by atoms with Crippen molar-refractivity contribution in [2.45, 2.75) is 25.0 Å². The van der Waals surface area contributed by atoms with Gasteiger partial charge in [0.2, 0.25) is 0 Å². The van der Waals surface area contributed by atoms with Crippen molar-refractivity contribution in [2.24, 2.45) is 0 Å². The van der Waals surface area contributed by atoms with E-state index >= 15 is 0 Å². The van der Waals surface area contributed by atoms with Gasteiger partial charge < -0.3 is 30.1 Å². The average molecular weight is 465 g/mol. The van der Waals surface area contributed by atoms with Gasteiger partial charge in [-0.2, -0.15) is 0 Å². The van der Waals surface area contributed by atoms with Gasteiger partial charge in [-0.3, -0.25) is 4.79 Å². The van der Waals surface area contributed by atoms with Crippen LogP contribution in [0, 0.1) is 0 Å². The van der Waals surface area contributed by atoms with Gasteiger partial charge in [-0.25, -0.2) is 9.59 Å². The fourth-order valence-corrected chi connectivity index (χ4v) is 3.92. The Morgan fingerprint density at radius 3 is 2.32 bits per heavy atom. The first-order valence-corrected chi connectivity index (χ1v) is 10.7. The highest BCUT2D eigenvalue weighted by Crippen LogP contribution is 2.44. The first kappa shape index (κ1) is 23.0. The molecule has 4 rings (SSSR count). The second kappa shape index (κ2) is 10.2. The van der Waals surface area contributed by atoms with Crippen LogP contribution in [0.25, 0.3) is 11.1 Å². The zero-order chi connectivity index (χ0) is 24.1. The van der Waals surface area contributed by atoms with E-state index in [-0.39, 0.29) is 43.3 Å². The number of aliphatic carboxylic acids is 1. The van der Waals surface area contributed by atoms with E-state index in [2.05, 4.69) is 15.8 Å². The number of aromatic nitrogens is 1. The summed E-state index contributed by atoms with van der Waals surface area (Å²) in [6, 6.07) is 16.0. The van der Waals surface area contributed by atoms with Gasteiger partial charge in [0, 0.05) is 18.9 Å². The van der Waals surface area contributed by atoms with Crippen molar-refractivity contribution < 1.29 is 33.9 Å². The van der Waals surface area contributed by atoms with Crippen LogP contribution in [0.5, 0.6) is 0 Å². The number of fused-ring (bicyclic) bond motifs is 3. The molecule has 0 saturated carbocycles. The highest BCUT2D eigenvalue weighted by atomic mass is 16.5. The van der Waals surface area contributed by atoms with Crippen LogP contribution >= 0.6 is 0 Å². The minimum atomic E-state index is -1.57. The van der Waals surface area contributed by atoms with E-state index in [0.29, 0.717) is 0 Å². The van der Waals surface area contributed by atoms with E-state index in [0.717, 1.165) is 28.5 Å². The lowest BCUT2D eigenvalue weighted by atomic mass is 9.98. The van der Waals surface area contributed by atoms with E-state index in [9.17, 15) is 19.5 Å². The first-order chi connectivity index (χ1) is 16.5. The molecular weight excluding hydrogens is 442 g/mol. The Bertz CT molecular complexity index is 1160. The second-order valence-electron chi connectivity index (χ2n) is 7.75. The van der Waals surface area contributed by atoms with Gasteiger partial charge in [-0.15, -0.1) is 0 Å². The number of aliphatic hydroxyl groups is 1. The molecule has 3 aromatic rings. The van der Waals surface area contributed by atoms with Gasteiger partial charge in [0.25, 0.3) is 5.91 Å². The molecule has 2 aromatic carbocycles. The summed E-state index contributed by atoms with van der Waals surface area (Å²) in [6.07, 6.45) is -1.27. The average Bonchev–Trinajstić information content (AvgIpc) is 3.44. The summed E-state index contributed by atoms with van der Waals surface area (Å²) in [5, 5.41) is 26.7. The Kier molecular flexibility index (Phi) is 6.88. The van der Waals surface area contributed by atoms with Crippen molar-refractivity contribution in [3.8, 4) is 11.1 Å². The normalized spacial score (nSPS) is 13.0. The standard InChI is InChI=1S/C24H23N3O7/c28-21(23(30)31)9-10-25-22(29)19-13-34-27-20(19)11-26-24(32)33-12-18-16-7-3-1-5-14(16)15-6-2-4-8-17(15)18/h1-8,13,18,21,28H,9-12H2,(H,25,29)(H,26,32)(H,30,31)/t21-/m0/s1. The minimum absolute atomic E-state index is 0.0588. The molecule has 34 heavy (non-hydrogen) atoms. The highest BCUT2D eigenvalue weighted by Gasteiger charge is 2.29. The van der Waals surface area contributed by atoms with E-state index in [1.165, 1.54) is 0 Å². The third kappa shape index (κ3) is 4.91. The van der Waals surface area contributed by atoms with Gasteiger partial charge in [0.1, 0.15) is 24.1 Å². The number of nitrogens with zero attached hydrogens (tertiary/aromatic N) is 1. The molecule has 1 aliphatic carbocycles. The van der Waals surface area contributed by atoms with E-state index < -0.39 is 24.1 Å². The molecule has 0 fully saturated rings. The molecule has 1 heterocycles. The summed E-state index contributed by atoms with van der Waals surface area (Å²) in [4.78, 5) is 35.2. The number of carboxylic acid groups (broad SMARTS) is 1. The van der Waals surface area contributed by atoms with Gasteiger partial charge in [-0.1, -0.05) is 53.7 Å². The number of ether oxygens (including phenoxy) is 1. The minimum Gasteiger partial charge on any atom is -0.479 e. The Hall–Kier alpha value is -4.18. The Balaban J connectivity index is 1.30. The Labute approximate surface area is 194 Å². The lowest BCUT2D eigenvalue weighted by Crippen LogP contribution is -2.31. The molecule has 0 aliphatic heterocycles. The third-order valence-corrected chi connectivity index (χ3v) is 5.62. The molecule has 1 atom stereocenters. The number of rotatable bonds is 9. The largest absolute Gasteiger partial charge is 0.479 e. The predicted octanol–water partition coefficient (Wildman–Crippen LogP) is 2.28. The molecule has 176 valence electrons. The van der Waals surface area contributed by atoms with Crippen LogP contribution in [-0.4, -0.2) is 52.6 Å². The Morgan fingerprint density at radius 2 is 1.68 bits per heavy atom.